The SMILES string of the molecule is CCOC(=O)C1CN(C(=O)OC(C)(C)C)c2cc(Cl)c(N(C(O)(O)O)C(O)(O)O)cc2O1. The first-order valence-corrected chi connectivity index (χ1v) is 9.65. The number of carbonyl (C=O) groups is 2. The fraction of sp³-hybridized carbons (Fsp3) is 0.556. The van der Waals surface area contributed by atoms with E-state index in [-0.39, 0.29) is 24.6 Å². The number of amides is 1. The van der Waals surface area contributed by atoms with Gasteiger partial charge < -0.3 is 44.8 Å². The molecule has 32 heavy (non-hydrogen) atoms. The lowest BCUT2D eigenvalue weighted by Gasteiger charge is -2.39. The number of ether oxygens (including phenoxy) is 3. The van der Waals surface area contributed by atoms with Crippen LogP contribution >= 0.6 is 11.6 Å². The second-order valence-corrected chi connectivity index (χ2v) is 8.16. The number of esters is 1. The Labute approximate surface area is 187 Å². The molecule has 0 aliphatic carbocycles. The topological polar surface area (TPSA) is 190 Å². The van der Waals surface area contributed by atoms with Gasteiger partial charge in [-0.25, -0.2) is 14.5 Å². The Bertz CT molecular complexity index is 859. The van der Waals surface area contributed by atoms with Crippen molar-refractivity contribution in [3.8, 4) is 5.75 Å². The standard InChI is InChI=1S/C18H25ClN2O11/c1-5-30-14(22)13-8-20(15(23)32-16(2,3)4)11-6-9(19)10(7-12(11)31-13)21(17(24,25)26)18(27,28)29/h6-7,13,24-29H,5,8H2,1-4H3. The largest absolute Gasteiger partial charge is 0.475 e. The van der Waals surface area contributed by atoms with Crippen molar-refractivity contribution in [2.45, 2.75) is 51.6 Å². The van der Waals surface area contributed by atoms with Crippen LogP contribution < -0.4 is 14.5 Å². The van der Waals surface area contributed by atoms with Crippen LogP contribution in [0.3, 0.4) is 0 Å². The quantitative estimate of drug-likeness (QED) is 0.232. The van der Waals surface area contributed by atoms with E-state index in [1.807, 2.05) is 0 Å². The maximum absolute atomic E-state index is 12.8. The molecule has 1 aliphatic heterocycles. The molecule has 13 nitrogen and oxygen atoms in total. The first-order chi connectivity index (χ1) is 14.5. The summed E-state index contributed by atoms with van der Waals surface area (Å²) in [6, 6.07) is 1.86. The minimum Gasteiger partial charge on any atom is -0.475 e. The highest BCUT2D eigenvalue weighted by Crippen LogP contribution is 2.44. The van der Waals surface area contributed by atoms with Crippen molar-refractivity contribution < 1.29 is 54.4 Å². The molecule has 1 aromatic carbocycles. The highest BCUT2D eigenvalue weighted by atomic mass is 35.5. The summed E-state index contributed by atoms with van der Waals surface area (Å²) in [5.74, 6) is -1.13. The van der Waals surface area contributed by atoms with Crippen LogP contribution in [0.1, 0.15) is 27.7 Å². The number of anilines is 2. The summed E-state index contributed by atoms with van der Waals surface area (Å²) in [6.45, 7) is 6.11. The summed E-state index contributed by atoms with van der Waals surface area (Å²) in [5.41, 5.74) is -1.68. The zero-order chi connectivity index (χ0) is 24.6. The molecule has 0 spiro atoms. The maximum Gasteiger partial charge on any atom is 0.415 e. The van der Waals surface area contributed by atoms with Crippen molar-refractivity contribution in [2.24, 2.45) is 0 Å². The van der Waals surface area contributed by atoms with E-state index >= 15 is 0 Å². The molecule has 1 heterocycles. The number of aliphatic hydroxyl groups is 6. The molecular weight excluding hydrogens is 456 g/mol. The van der Waals surface area contributed by atoms with Crippen molar-refractivity contribution in [3.63, 3.8) is 0 Å². The first kappa shape index (κ1) is 25.9. The van der Waals surface area contributed by atoms with Crippen LogP contribution in [0.5, 0.6) is 5.75 Å². The molecule has 1 unspecified atom stereocenters. The number of halogens is 1. The van der Waals surface area contributed by atoms with E-state index in [4.69, 9.17) is 25.8 Å². The number of fused-ring (bicyclic) bond motifs is 1. The predicted octanol–water partition coefficient (Wildman–Crippen LogP) is -0.612. The Hall–Kier alpha value is -2.39. The minimum atomic E-state index is -4.00. The summed E-state index contributed by atoms with van der Waals surface area (Å²) in [5, 5.41) is 56.3. The number of nitrogens with zero attached hydrogens (tertiary/aromatic N) is 2. The van der Waals surface area contributed by atoms with E-state index in [9.17, 15) is 40.2 Å². The zero-order valence-electron chi connectivity index (χ0n) is 17.6. The second-order valence-electron chi connectivity index (χ2n) is 7.76. The van der Waals surface area contributed by atoms with Gasteiger partial charge in [0.2, 0.25) is 6.10 Å². The number of rotatable bonds is 5. The lowest BCUT2D eigenvalue weighted by molar-refractivity contribution is -0.395. The van der Waals surface area contributed by atoms with Crippen LogP contribution in [0.15, 0.2) is 12.1 Å². The van der Waals surface area contributed by atoms with E-state index < -0.39 is 51.6 Å². The van der Waals surface area contributed by atoms with Crippen molar-refractivity contribution >= 4 is 35.0 Å². The lowest BCUT2D eigenvalue weighted by Crippen LogP contribution is -2.62. The normalized spacial score (nSPS) is 16.7. The summed E-state index contributed by atoms with van der Waals surface area (Å²) in [7, 11) is 0. The van der Waals surface area contributed by atoms with Crippen LogP contribution in [0.4, 0.5) is 16.2 Å². The highest BCUT2D eigenvalue weighted by molar-refractivity contribution is 6.33. The van der Waals surface area contributed by atoms with Gasteiger partial charge in [-0.1, -0.05) is 11.6 Å². The zero-order valence-corrected chi connectivity index (χ0v) is 18.4. The van der Waals surface area contributed by atoms with E-state index in [1.54, 1.807) is 27.7 Å². The van der Waals surface area contributed by atoms with E-state index in [0.29, 0.717) is 0 Å². The summed E-state index contributed by atoms with van der Waals surface area (Å²) in [6.07, 6.45) is -10.2. The molecule has 0 radical (unpaired) electrons. The fourth-order valence-corrected chi connectivity index (χ4v) is 3.08. The second kappa shape index (κ2) is 8.86. The van der Waals surface area contributed by atoms with Crippen LogP contribution in [-0.4, -0.2) is 79.8 Å². The van der Waals surface area contributed by atoms with Crippen LogP contribution in [0.2, 0.25) is 5.02 Å². The minimum absolute atomic E-state index is 0.0156. The molecule has 180 valence electrons. The van der Waals surface area contributed by atoms with E-state index in [1.165, 1.54) is 0 Å². The average molecular weight is 481 g/mol. The average Bonchev–Trinajstić information content (AvgIpc) is 2.57. The Morgan fingerprint density at radius 3 is 2.19 bits per heavy atom. The van der Waals surface area contributed by atoms with Gasteiger partial charge in [0.15, 0.2) is 0 Å². The number of carbonyl (C=O) groups excluding carboxylic acids is 2. The van der Waals surface area contributed by atoms with E-state index in [2.05, 4.69) is 0 Å². The van der Waals surface area contributed by atoms with Gasteiger partial charge in [-0.05, 0) is 33.8 Å². The maximum atomic E-state index is 12.8. The van der Waals surface area contributed by atoms with Crippen molar-refractivity contribution in [1.82, 2.24) is 0 Å². The number of hydrogen-bond donors (Lipinski definition) is 6. The molecule has 0 saturated carbocycles. The molecule has 0 saturated heterocycles. The van der Waals surface area contributed by atoms with Gasteiger partial charge in [0.05, 0.1) is 29.5 Å². The molecule has 14 heteroatoms. The smallest absolute Gasteiger partial charge is 0.415 e. The van der Waals surface area contributed by atoms with E-state index in [0.717, 1.165) is 17.0 Å². The van der Waals surface area contributed by atoms with Gasteiger partial charge in [0, 0.05) is 6.07 Å². The van der Waals surface area contributed by atoms with Gasteiger partial charge in [0.1, 0.15) is 11.4 Å². The predicted molar refractivity (Wildman–Crippen MR) is 107 cm³/mol. The molecule has 0 aromatic heterocycles. The Morgan fingerprint density at radius 1 is 1.16 bits per heavy atom. The van der Waals surface area contributed by atoms with Crippen LogP contribution in [0, 0.1) is 0 Å². The summed E-state index contributed by atoms with van der Waals surface area (Å²) < 4.78 is 15.8. The summed E-state index contributed by atoms with van der Waals surface area (Å²) in [4.78, 5) is 25.6. The van der Waals surface area contributed by atoms with Crippen LogP contribution in [-0.2, 0) is 14.3 Å². The molecule has 1 amide bonds. The van der Waals surface area contributed by atoms with Gasteiger partial charge in [-0.15, -0.1) is 0 Å². The van der Waals surface area contributed by atoms with Gasteiger partial charge in [-0.2, -0.15) is 0 Å². The molecule has 1 atom stereocenters. The number of hydrogen-bond acceptors (Lipinski definition) is 12. The molecular formula is C18H25ClN2O11. The molecule has 0 bridgehead atoms. The fourth-order valence-electron chi connectivity index (χ4n) is 2.84. The molecule has 1 aromatic rings. The first-order valence-electron chi connectivity index (χ1n) is 9.27. The van der Waals surface area contributed by atoms with Crippen LogP contribution in [0.25, 0.3) is 0 Å². The van der Waals surface area contributed by atoms with Gasteiger partial charge in [0.25, 0.3) is 0 Å². The molecule has 2 rings (SSSR count). The molecule has 6 N–H and O–H groups in total. The third-order valence-electron chi connectivity index (χ3n) is 3.94. The number of benzene rings is 1. The van der Waals surface area contributed by atoms with Gasteiger partial charge in [-0.3, -0.25) is 4.90 Å². The Morgan fingerprint density at radius 2 is 1.72 bits per heavy atom. The third kappa shape index (κ3) is 5.89. The van der Waals surface area contributed by atoms with Crippen molar-refractivity contribution in [2.75, 3.05) is 23.0 Å². The van der Waals surface area contributed by atoms with Crippen molar-refractivity contribution in [3.05, 3.63) is 17.2 Å². The molecule has 1 aliphatic rings. The Balaban J connectivity index is 2.63. The van der Waals surface area contributed by atoms with Gasteiger partial charge >= 0.3 is 24.3 Å². The molecule has 0 fully saturated rings. The monoisotopic (exact) mass is 480 g/mol. The Kier molecular flexibility index (Phi) is 7.16. The highest BCUT2D eigenvalue weighted by Gasteiger charge is 2.46. The van der Waals surface area contributed by atoms with Crippen molar-refractivity contribution in [1.29, 1.82) is 0 Å². The third-order valence-corrected chi connectivity index (χ3v) is 4.24. The lowest BCUT2D eigenvalue weighted by atomic mass is 10.1. The summed E-state index contributed by atoms with van der Waals surface area (Å²) >= 11 is 6.09.